The number of H-pyrrole nitrogens is 1. The minimum Gasteiger partial charge on any atom is -0.465 e. The molecule has 154 valence electrons. The van der Waals surface area contributed by atoms with E-state index in [1.54, 1.807) is 6.20 Å². The van der Waals surface area contributed by atoms with Crippen molar-refractivity contribution in [2.45, 2.75) is 18.9 Å². The Hall–Kier alpha value is -4.05. The lowest BCUT2D eigenvalue weighted by atomic mass is 9.94. The normalized spacial score (nSPS) is 16.4. The van der Waals surface area contributed by atoms with Gasteiger partial charge in [0, 0.05) is 58.9 Å². The lowest BCUT2D eigenvalue weighted by molar-refractivity contribution is 0.133. The van der Waals surface area contributed by atoms with Crippen LogP contribution in [0.25, 0.3) is 32.8 Å². The Morgan fingerprint density at radius 1 is 1.26 bits per heavy atom. The molecule has 3 heterocycles. The molecule has 7 nitrogen and oxygen atoms in total. The van der Waals surface area contributed by atoms with Gasteiger partial charge in [0.2, 0.25) is 0 Å². The van der Waals surface area contributed by atoms with Crippen LogP contribution in [0.3, 0.4) is 0 Å². The molecular weight excluding hydrogens is 390 g/mol. The zero-order valence-electron chi connectivity index (χ0n) is 16.8. The molecule has 1 aliphatic heterocycles. The van der Waals surface area contributed by atoms with Crippen molar-refractivity contribution in [2.24, 2.45) is 0 Å². The number of carbonyl (C=O) groups is 1. The van der Waals surface area contributed by atoms with Gasteiger partial charge in [-0.25, -0.2) is 9.78 Å². The van der Waals surface area contributed by atoms with Gasteiger partial charge in [-0.1, -0.05) is 24.3 Å². The zero-order chi connectivity index (χ0) is 21.4. The quantitative estimate of drug-likeness (QED) is 0.449. The van der Waals surface area contributed by atoms with Crippen molar-refractivity contribution in [3.8, 4) is 17.2 Å². The van der Waals surface area contributed by atoms with Gasteiger partial charge in [0.25, 0.3) is 0 Å². The summed E-state index contributed by atoms with van der Waals surface area (Å²) in [5.74, 6) is 0.681. The molecule has 0 bridgehead atoms. The second kappa shape index (κ2) is 7.65. The van der Waals surface area contributed by atoms with Crippen molar-refractivity contribution in [1.82, 2.24) is 14.9 Å². The molecule has 2 aromatic heterocycles. The number of nitrogens with one attached hydrogen (secondary N) is 2. The van der Waals surface area contributed by atoms with E-state index in [0.717, 1.165) is 45.6 Å². The van der Waals surface area contributed by atoms with Gasteiger partial charge < -0.3 is 20.3 Å². The smallest absolute Gasteiger partial charge is 0.407 e. The Morgan fingerprint density at radius 3 is 2.97 bits per heavy atom. The molecule has 4 aromatic rings. The third-order valence-electron chi connectivity index (χ3n) is 5.93. The van der Waals surface area contributed by atoms with Crippen molar-refractivity contribution in [3.05, 3.63) is 60.4 Å². The predicted molar refractivity (Wildman–Crippen MR) is 120 cm³/mol. The van der Waals surface area contributed by atoms with Gasteiger partial charge in [-0.15, -0.1) is 0 Å². The Labute approximate surface area is 178 Å². The van der Waals surface area contributed by atoms with Gasteiger partial charge in [0.1, 0.15) is 5.82 Å². The minimum atomic E-state index is -0.891. The van der Waals surface area contributed by atoms with Gasteiger partial charge in [-0.2, -0.15) is 5.26 Å². The van der Waals surface area contributed by atoms with E-state index in [4.69, 9.17) is 0 Å². The van der Waals surface area contributed by atoms with Crippen molar-refractivity contribution in [1.29, 1.82) is 5.26 Å². The number of nitrogens with zero attached hydrogens (tertiary/aromatic N) is 3. The highest BCUT2D eigenvalue weighted by molar-refractivity contribution is 6.07. The fourth-order valence-corrected chi connectivity index (χ4v) is 4.44. The Morgan fingerprint density at radius 2 is 2.13 bits per heavy atom. The van der Waals surface area contributed by atoms with E-state index in [9.17, 15) is 15.2 Å². The molecular formula is C24H21N5O2. The van der Waals surface area contributed by atoms with E-state index < -0.39 is 6.09 Å². The third kappa shape index (κ3) is 3.42. The molecule has 0 saturated carbocycles. The van der Waals surface area contributed by atoms with Crippen LogP contribution in [0.4, 0.5) is 10.6 Å². The average molecular weight is 411 g/mol. The number of piperidine rings is 1. The maximum absolute atomic E-state index is 11.3. The lowest BCUT2D eigenvalue weighted by Gasteiger charge is -2.31. The van der Waals surface area contributed by atoms with Gasteiger partial charge >= 0.3 is 6.09 Å². The summed E-state index contributed by atoms with van der Waals surface area (Å²) in [5.41, 5.74) is 3.47. The topological polar surface area (TPSA) is 105 Å². The maximum atomic E-state index is 11.3. The standard InChI is InChI=1S/C24H21N5O2/c25-11-15-7-8-16-12-27-22(28-17-4-3-9-29(14-17)24(30)31)10-19(16)23(15)20-13-26-21-6-2-1-5-18(20)21/h1-2,5-8,10,12-13,17,26H,3-4,9,14H2,(H,27,28)(H,30,31). The second-order valence-corrected chi connectivity index (χ2v) is 7.85. The summed E-state index contributed by atoms with van der Waals surface area (Å²) in [7, 11) is 0. The van der Waals surface area contributed by atoms with E-state index in [-0.39, 0.29) is 6.04 Å². The number of amides is 1. The summed E-state index contributed by atoms with van der Waals surface area (Å²) >= 11 is 0. The van der Waals surface area contributed by atoms with E-state index in [1.165, 1.54) is 4.90 Å². The molecule has 1 amide bonds. The van der Waals surface area contributed by atoms with Crippen LogP contribution in [-0.4, -0.2) is 45.2 Å². The van der Waals surface area contributed by atoms with Crippen molar-refractivity contribution in [2.75, 3.05) is 18.4 Å². The first-order valence-corrected chi connectivity index (χ1v) is 10.3. The highest BCUT2D eigenvalue weighted by Gasteiger charge is 2.23. The fourth-order valence-electron chi connectivity index (χ4n) is 4.44. The number of para-hydroxylation sites is 1. The molecule has 5 rings (SSSR count). The first kappa shape index (κ1) is 18.9. The first-order valence-electron chi connectivity index (χ1n) is 10.3. The number of rotatable bonds is 3. The summed E-state index contributed by atoms with van der Waals surface area (Å²) in [5, 5.41) is 25.4. The monoisotopic (exact) mass is 411 g/mol. The number of benzene rings is 2. The Balaban J connectivity index is 1.59. The number of pyridine rings is 1. The highest BCUT2D eigenvalue weighted by Crippen LogP contribution is 2.37. The van der Waals surface area contributed by atoms with Gasteiger partial charge in [0.05, 0.1) is 11.6 Å². The number of hydrogen-bond acceptors (Lipinski definition) is 4. The SMILES string of the molecule is N#Cc1ccc2cnc(NC3CCCN(C(=O)O)C3)cc2c1-c1c[nH]c2ccccc12. The summed E-state index contributed by atoms with van der Waals surface area (Å²) in [6.07, 6.45) is 4.56. The van der Waals surface area contributed by atoms with E-state index in [1.807, 2.05) is 48.7 Å². The van der Waals surface area contributed by atoms with Gasteiger partial charge in [-0.3, -0.25) is 0 Å². The zero-order valence-corrected chi connectivity index (χ0v) is 16.8. The number of fused-ring (bicyclic) bond motifs is 2. The molecule has 1 unspecified atom stereocenters. The van der Waals surface area contributed by atoms with Crippen LogP contribution in [0.1, 0.15) is 18.4 Å². The minimum absolute atomic E-state index is 0.00508. The van der Waals surface area contributed by atoms with Crippen LogP contribution in [0, 0.1) is 11.3 Å². The van der Waals surface area contributed by atoms with Crippen LogP contribution >= 0.6 is 0 Å². The maximum Gasteiger partial charge on any atom is 0.407 e. The third-order valence-corrected chi connectivity index (χ3v) is 5.93. The summed E-state index contributed by atoms with van der Waals surface area (Å²) in [6, 6.07) is 16.1. The van der Waals surface area contributed by atoms with Crippen molar-refractivity contribution >= 4 is 33.6 Å². The largest absolute Gasteiger partial charge is 0.465 e. The molecule has 0 aliphatic carbocycles. The molecule has 3 N–H and O–H groups in total. The van der Waals surface area contributed by atoms with Crippen molar-refractivity contribution in [3.63, 3.8) is 0 Å². The molecule has 0 spiro atoms. The molecule has 2 aromatic carbocycles. The number of aromatic amines is 1. The second-order valence-electron chi connectivity index (χ2n) is 7.85. The molecule has 1 saturated heterocycles. The van der Waals surface area contributed by atoms with Gasteiger partial charge in [0.15, 0.2) is 0 Å². The van der Waals surface area contributed by atoms with Crippen LogP contribution in [0.2, 0.25) is 0 Å². The number of likely N-dealkylation sites (tertiary alicyclic amines) is 1. The van der Waals surface area contributed by atoms with E-state index >= 15 is 0 Å². The molecule has 1 aliphatic rings. The molecule has 1 atom stereocenters. The Bertz CT molecular complexity index is 1340. The molecule has 31 heavy (non-hydrogen) atoms. The van der Waals surface area contributed by atoms with Crippen molar-refractivity contribution < 1.29 is 9.90 Å². The first-order chi connectivity index (χ1) is 15.1. The summed E-state index contributed by atoms with van der Waals surface area (Å²) in [4.78, 5) is 20.6. The summed E-state index contributed by atoms with van der Waals surface area (Å²) in [6.45, 7) is 0.998. The molecule has 1 fully saturated rings. The highest BCUT2D eigenvalue weighted by atomic mass is 16.4. The predicted octanol–water partition coefficient (Wildman–Crippen LogP) is 4.81. The average Bonchev–Trinajstić information content (AvgIpc) is 3.22. The van der Waals surface area contributed by atoms with Crippen LogP contribution in [0.15, 0.2) is 54.9 Å². The van der Waals surface area contributed by atoms with E-state index in [0.29, 0.717) is 24.5 Å². The fraction of sp³-hybridized carbons (Fsp3) is 0.208. The number of carboxylic acid groups (broad SMARTS) is 1. The van der Waals surface area contributed by atoms with Crippen LogP contribution < -0.4 is 5.32 Å². The number of nitriles is 1. The van der Waals surface area contributed by atoms with Crippen LogP contribution in [-0.2, 0) is 0 Å². The van der Waals surface area contributed by atoms with E-state index in [2.05, 4.69) is 21.4 Å². The Kier molecular flexibility index (Phi) is 4.68. The lowest BCUT2D eigenvalue weighted by Crippen LogP contribution is -2.44. The number of aromatic nitrogens is 2. The summed E-state index contributed by atoms with van der Waals surface area (Å²) < 4.78 is 0. The van der Waals surface area contributed by atoms with Crippen LogP contribution in [0.5, 0.6) is 0 Å². The molecule has 0 radical (unpaired) electrons. The number of hydrogen-bond donors (Lipinski definition) is 3. The number of anilines is 1. The van der Waals surface area contributed by atoms with Gasteiger partial charge in [-0.05, 0) is 36.4 Å². The molecule has 7 heteroatoms.